The van der Waals surface area contributed by atoms with Gasteiger partial charge in [-0.2, -0.15) is 39.5 Å². The number of nitrogens with zero attached hydrogens (tertiary/aromatic N) is 15. The normalized spacial score (nSPS) is 16.2. The van der Waals surface area contributed by atoms with Gasteiger partial charge >= 0.3 is 24.5 Å². The van der Waals surface area contributed by atoms with Crippen LogP contribution < -0.4 is 30.7 Å². The zero-order valence-corrected chi connectivity index (χ0v) is 72.6. The Morgan fingerprint density at radius 3 is 0.985 bits per heavy atom. The molecule has 15 rings (SSSR count). The fourth-order valence-corrected chi connectivity index (χ4v) is 15.2. The number of ether oxygens (including phenoxy) is 6. The van der Waals surface area contributed by atoms with E-state index in [4.69, 9.17) is 28.4 Å². The summed E-state index contributed by atoms with van der Waals surface area (Å²) in [7, 11) is 3.84. The lowest BCUT2D eigenvalue weighted by Crippen LogP contribution is -2.53. The summed E-state index contributed by atoms with van der Waals surface area (Å²) >= 11 is 0. The molecule has 132 heavy (non-hydrogen) atoms. The van der Waals surface area contributed by atoms with Crippen molar-refractivity contribution >= 4 is 57.7 Å². The maximum Gasteiger partial charge on any atom is 0.411 e. The molecule has 3 N–H and O–H groups in total. The molecule has 3 amide bonds. The Hall–Kier alpha value is -13.8. The molecule has 9 aromatic heterocycles. The van der Waals surface area contributed by atoms with Gasteiger partial charge in [0.2, 0.25) is 0 Å². The van der Waals surface area contributed by atoms with E-state index in [-0.39, 0.29) is 92.7 Å². The fourth-order valence-electron chi connectivity index (χ4n) is 15.2. The van der Waals surface area contributed by atoms with Crippen molar-refractivity contribution in [1.29, 1.82) is 0 Å². The van der Waals surface area contributed by atoms with Crippen molar-refractivity contribution in [2.45, 2.75) is 123 Å². The van der Waals surface area contributed by atoms with Crippen LogP contribution in [0.3, 0.4) is 0 Å². The molecule has 0 radical (unpaired) electrons. The Morgan fingerprint density at radius 2 is 0.697 bits per heavy atom. The van der Waals surface area contributed by atoms with Gasteiger partial charge in [-0.25, -0.2) is 71.6 Å². The molecule has 6 atom stereocenters. The number of aryl methyl sites for hydroxylation is 7. The molecular formula is C90H88F14N18O10. The Bertz CT molecular complexity index is 5700. The quantitative estimate of drug-likeness (QED) is 0.0304. The minimum atomic E-state index is -4.72. The van der Waals surface area contributed by atoms with Crippen LogP contribution in [0.15, 0.2) is 153 Å². The highest BCUT2D eigenvalue weighted by molar-refractivity contribution is 5.99. The van der Waals surface area contributed by atoms with Crippen LogP contribution >= 0.6 is 0 Å². The van der Waals surface area contributed by atoms with Crippen molar-refractivity contribution in [1.82, 2.24) is 74.0 Å². The van der Waals surface area contributed by atoms with Gasteiger partial charge in [-0.05, 0) is 144 Å². The maximum absolute atomic E-state index is 15.4. The Labute approximate surface area is 745 Å². The fraction of sp³-hybridized carbons (Fsp3) is 0.344. The first-order chi connectivity index (χ1) is 62.6. The van der Waals surface area contributed by atoms with Gasteiger partial charge in [-0.3, -0.25) is 14.4 Å². The molecule has 3 aromatic carbocycles. The van der Waals surface area contributed by atoms with Gasteiger partial charge in [-0.1, -0.05) is 13.2 Å². The molecule has 12 aromatic rings. The van der Waals surface area contributed by atoms with Crippen LogP contribution in [0, 0.1) is 77.6 Å². The largest absolute Gasteiger partial charge is 0.500 e. The van der Waals surface area contributed by atoms with Gasteiger partial charge in [0.15, 0.2) is 17.5 Å². The number of hydrogen-bond donors (Lipinski definition) is 3. The van der Waals surface area contributed by atoms with E-state index in [1.165, 1.54) is 33.4 Å². The summed E-state index contributed by atoms with van der Waals surface area (Å²) < 4.78 is 234. The number of esters is 1. The number of alkyl halides is 9. The number of aromatic nitrogens is 12. The minimum absolute atomic E-state index is 0.0235. The zero-order valence-electron chi connectivity index (χ0n) is 72.6. The van der Waals surface area contributed by atoms with E-state index in [1.807, 2.05) is 58.1 Å². The first-order valence-corrected chi connectivity index (χ1v) is 40.9. The molecular weight excluding hydrogens is 1760 g/mol. The molecule has 0 unspecified atom stereocenters. The Morgan fingerprint density at radius 1 is 0.409 bits per heavy atom. The van der Waals surface area contributed by atoms with Gasteiger partial charge in [0, 0.05) is 146 Å². The van der Waals surface area contributed by atoms with E-state index in [9.17, 15) is 58.7 Å². The van der Waals surface area contributed by atoms with E-state index in [0.717, 1.165) is 72.9 Å². The van der Waals surface area contributed by atoms with Gasteiger partial charge in [0.1, 0.15) is 92.8 Å². The highest BCUT2D eigenvalue weighted by Gasteiger charge is 2.49. The summed E-state index contributed by atoms with van der Waals surface area (Å²) in [6.07, 6.45) is 1.17. The third-order valence-electron chi connectivity index (χ3n) is 22.8. The second-order valence-corrected chi connectivity index (χ2v) is 31.2. The number of rotatable bonds is 23. The molecule has 696 valence electrons. The number of anilines is 3. The predicted octanol–water partition coefficient (Wildman–Crippen LogP) is 14.0. The molecule has 42 heteroatoms. The lowest BCUT2D eigenvalue weighted by molar-refractivity contribution is -0.167. The minimum Gasteiger partial charge on any atom is -0.500 e. The average molecular weight is 1850 g/mol. The molecule has 0 saturated carbocycles. The topological polar surface area (TPSA) is 299 Å². The summed E-state index contributed by atoms with van der Waals surface area (Å²) in [5.41, 5.74) is 7.94. The van der Waals surface area contributed by atoms with Crippen LogP contribution in [-0.2, 0) is 52.5 Å². The SMILES string of the molecule is C=C(OC)[C@H](Cc1ccc(-c2ncc(C)c(C)n2)c2nccn12)NC(=O)c1c(C)cc(N2CCOC[C@@H]2C(F)(F)F)cc1F.C=C(OC)[C@H](Cc1ccc(-c2ncc(C)c(C)n2)c2nccn12)NC(=O)c1c(F)cc(N2CCOC[C@@H]2C(F)(F)F)cc1F.COC(=O)[C@H](Cc1ccc(-c2ncc(C)c(C)n2)c2nccn12)NC(=O)c1c(F)cc(N2CCOC[C@@H]2C(F)(F)F)cc1F. The highest BCUT2D eigenvalue weighted by atomic mass is 19.4. The number of halogens is 14. The first kappa shape index (κ1) is 95.8. The number of nitrogens with one attached hydrogen (secondary N) is 3. The number of amides is 3. The predicted molar refractivity (Wildman–Crippen MR) is 454 cm³/mol. The summed E-state index contributed by atoms with van der Waals surface area (Å²) in [5.74, 6) is -8.69. The standard InChI is InChI=1S/C31H32F4N6O3.C30H29F5N6O3.C29H27F5N6O4/c1-17-12-22(40-10-11-44-16-26(40)31(33,34)35)13-24(32)27(17)30(42)39-25(20(4)43-5)14-21-6-7-23(29-36-8-9-41(21)29)28-37-15-18(2)19(3)38-28;1-16-14-37-27(38-17(16)2)21-6-5-19(41-8-7-36-28(21)41)13-24(18(3)43-4)39-29(42)26-22(31)11-20(12-23(26)32)40-9-10-44-15-25(40)30(33,34)35;1-15-13-36-25(37-16(15)2)19-5-4-17(40-7-6-35-26(19)40)12-22(28(42)43-3)38-27(41)24-20(30)10-18(11-21(24)31)39-8-9-44-14-23(39)29(32,33)34/h6-9,12-13,15,25-26H,4,10-11,14,16H2,1-3,5H3,(H,39,42);5-8,11-12,14,24-25H,3,9-10,13,15H2,1-2,4H3,(H,39,42);4-7,10-11,13,22-23H,8-9,12,14H2,1-3H3,(H,38,41)/t25-,26+;24-,25+;22-,23+/m000/s1. The van der Waals surface area contributed by atoms with Crippen molar-refractivity contribution in [2.24, 2.45) is 0 Å². The lowest BCUT2D eigenvalue weighted by Gasteiger charge is -2.38. The summed E-state index contributed by atoms with van der Waals surface area (Å²) in [5, 5.41) is 7.63. The van der Waals surface area contributed by atoms with Crippen LogP contribution in [0.4, 0.5) is 78.5 Å². The van der Waals surface area contributed by atoms with E-state index in [1.54, 1.807) is 82.6 Å². The molecule has 3 saturated heterocycles. The molecule has 28 nitrogen and oxygen atoms in total. The molecule has 0 spiro atoms. The van der Waals surface area contributed by atoms with Crippen LogP contribution in [0.25, 0.3) is 51.1 Å². The molecule has 3 fully saturated rings. The number of benzene rings is 3. The second kappa shape index (κ2) is 39.9. The van der Waals surface area contributed by atoms with Crippen molar-refractivity contribution in [2.75, 3.05) is 95.3 Å². The number of methoxy groups -OCH3 is 3. The molecule has 12 heterocycles. The Kier molecular flexibility index (Phi) is 29.0. The van der Waals surface area contributed by atoms with E-state index in [0.29, 0.717) is 81.2 Å². The smallest absolute Gasteiger partial charge is 0.411 e. The number of hydrogen-bond acceptors (Lipinski definition) is 22. The highest BCUT2D eigenvalue weighted by Crippen LogP contribution is 2.39. The van der Waals surface area contributed by atoms with Crippen molar-refractivity contribution in [3.63, 3.8) is 0 Å². The van der Waals surface area contributed by atoms with Gasteiger partial charge < -0.3 is 72.3 Å². The van der Waals surface area contributed by atoms with Crippen LogP contribution in [0.5, 0.6) is 0 Å². The third kappa shape index (κ3) is 21.0. The number of pyridine rings is 3. The van der Waals surface area contributed by atoms with Crippen molar-refractivity contribution < 1.29 is 109 Å². The average Bonchev–Trinajstić information content (AvgIpc) is 1.69. The van der Waals surface area contributed by atoms with Crippen LogP contribution in [-0.4, -0.2) is 217 Å². The monoisotopic (exact) mass is 1850 g/mol. The summed E-state index contributed by atoms with van der Waals surface area (Å²) in [6, 6.07) is 6.44. The van der Waals surface area contributed by atoms with Gasteiger partial charge in [0.05, 0.1) is 95.3 Å². The van der Waals surface area contributed by atoms with Crippen molar-refractivity contribution in [3.8, 4) is 34.2 Å². The number of carbonyl (C=O) groups excluding carboxylic acids is 4. The number of imidazole rings is 3. The first-order valence-electron chi connectivity index (χ1n) is 40.9. The Balaban J connectivity index is 0.000000168. The molecule has 3 aliphatic rings. The lowest BCUT2D eigenvalue weighted by atomic mass is 10.0. The van der Waals surface area contributed by atoms with E-state index < -0.39 is 144 Å². The van der Waals surface area contributed by atoms with Crippen molar-refractivity contribution in [3.05, 3.63) is 255 Å². The number of carbonyl (C=O) groups is 4. The molecule has 3 aliphatic heterocycles. The summed E-state index contributed by atoms with van der Waals surface area (Å²) in [6.45, 7) is 18.0. The third-order valence-corrected chi connectivity index (χ3v) is 22.8. The van der Waals surface area contributed by atoms with E-state index >= 15 is 22.0 Å². The van der Waals surface area contributed by atoms with Gasteiger partial charge in [0.25, 0.3) is 17.7 Å². The van der Waals surface area contributed by atoms with E-state index in [2.05, 4.69) is 74.0 Å². The zero-order chi connectivity index (χ0) is 95.3. The molecule has 0 aliphatic carbocycles. The second-order valence-electron chi connectivity index (χ2n) is 31.2. The van der Waals surface area contributed by atoms with Crippen LogP contribution in [0.2, 0.25) is 0 Å². The number of morpholine rings is 3. The molecule has 0 bridgehead atoms. The van der Waals surface area contributed by atoms with Gasteiger partial charge in [-0.15, -0.1) is 0 Å². The maximum atomic E-state index is 15.4. The number of fused-ring (bicyclic) bond motifs is 3. The summed E-state index contributed by atoms with van der Waals surface area (Å²) in [4.78, 5) is 95.3. The van der Waals surface area contributed by atoms with Crippen LogP contribution in [0.1, 0.15) is 87.5 Å².